The summed E-state index contributed by atoms with van der Waals surface area (Å²) < 4.78 is 11.3. The number of methoxy groups -OCH3 is 2. The van der Waals surface area contributed by atoms with Gasteiger partial charge in [0, 0.05) is 16.1 Å². The number of ether oxygens (including phenoxy) is 2. The summed E-state index contributed by atoms with van der Waals surface area (Å²) in [5.74, 6) is 1.03. The highest BCUT2D eigenvalue weighted by Gasteiger charge is 2.10. The van der Waals surface area contributed by atoms with E-state index in [1.807, 2.05) is 12.1 Å². The summed E-state index contributed by atoms with van der Waals surface area (Å²) in [6.07, 6.45) is 0. The third-order valence-corrected chi connectivity index (χ3v) is 3.29. The number of carbonyl (C=O) groups excluding carboxylic acids is 1. The number of hydrogen-bond donors (Lipinski definition) is 1. The number of halogens is 1. The van der Waals surface area contributed by atoms with E-state index < -0.39 is 0 Å². The van der Waals surface area contributed by atoms with Crippen LogP contribution in [0.1, 0.15) is 10.4 Å². The molecule has 1 amide bonds. The molecule has 0 atom stereocenters. The molecular formula is C15H14BrNO3. The fourth-order valence-corrected chi connectivity index (χ4v) is 1.96. The first kappa shape index (κ1) is 14.4. The average Bonchev–Trinajstić information content (AvgIpc) is 2.48. The molecule has 0 aliphatic heterocycles. The van der Waals surface area contributed by atoms with E-state index in [4.69, 9.17) is 9.47 Å². The van der Waals surface area contributed by atoms with Gasteiger partial charge in [0.15, 0.2) is 0 Å². The Bertz CT molecular complexity index is 611. The molecule has 5 heteroatoms. The lowest BCUT2D eigenvalue weighted by Gasteiger charge is -2.11. The lowest BCUT2D eigenvalue weighted by atomic mass is 10.2. The molecular weight excluding hydrogens is 322 g/mol. The van der Waals surface area contributed by atoms with E-state index in [1.54, 1.807) is 44.6 Å². The lowest BCUT2D eigenvalue weighted by molar-refractivity contribution is 0.102. The van der Waals surface area contributed by atoms with Crippen LogP contribution < -0.4 is 14.8 Å². The molecule has 0 aliphatic carbocycles. The van der Waals surface area contributed by atoms with Gasteiger partial charge in [-0.05, 0) is 36.4 Å². The van der Waals surface area contributed by atoms with Crippen molar-refractivity contribution in [3.63, 3.8) is 0 Å². The number of carbonyl (C=O) groups is 1. The number of hydrogen-bond acceptors (Lipinski definition) is 3. The van der Waals surface area contributed by atoms with Crippen LogP contribution in [0.25, 0.3) is 0 Å². The quantitative estimate of drug-likeness (QED) is 0.926. The SMILES string of the molecule is COc1ccc(NC(=O)c2ccc(Br)cc2)c(OC)c1. The number of rotatable bonds is 4. The van der Waals surface area contributed by atoms with Crippen molar-refractivity contribution < 1.29 is 14.3 Å². The van der Waals surface area contributed by atoms with Crippen LogP contribution in [0, 0.1) is 0 Å². The summed E-state index contributed by atoms with van der Waals surface area (Å²) in [4.78, 5) is 12.1. The molecule has 0 heterocycles. The van der Waals surface area contributed by atoms with Crippen molar-refractivity contribution in [2.75, 3.05) is 19.5 Å². The van der Waals surface area contributed by atoms with Gasteiger partial charge in [0.05, 0.1) is 19.9 Å². The van der Waals surface area contributed by atoms with E-state index in [-0.39, 0.29) is 5.91 Å². The number of nitrogens with one attached hydrogen (secondary N) is 1. The van der Waals surface area contributed by atoms with Gasteiger partial charge in [0.2, 0.25) is 0 Å². The molecule has 0 radical (unpaired) electrons. The Labute approximate surface area is 125 Å². The highest BCUT2D eigenvalue weighted by Crippen LogP contribution is 2.29. The van der Waals surface area contributed by atoms with Crippen molar-refractivity contribution in [2.24, 2.45) is 0 Å². The minimum atomic E-state index is -0.194. The molecule has 0 unspecified atom stereocenters. The lowest BCUT2D eigenvalue weighted by Crippen LogP contribution is -2.12. The van der Waals surface area contributed by atoms with Gasteiger partial charge in [-0.25, -0.2) is 0 Å². The van der Waals surface area contributed by atoms with Crippen LogP contribution in [-0.2, 0) is 0 Å². The second-order valence-electron chi connectivity index (χ2n) is 4.03. The van der Waals surface area contributed by atoms with Crippen LogP contribution in [0.4, 0.5) is 5.69 Å². The summed E-state index contributed by atoms with van der Waals surface area (Å²) in [5, 5.41) is 2.81. The fraction of sp³-hybridized carbons (Fsp3) is 0.133. The first-order valence-corrected chi connectivity index (χ1v) is 6.72. The molecule has 104 valence electrons. The standard InChI is InChI=1S/C15H14BrNO3/c1-19-12-7-8-13(14(9-12)20-2)17-15(18)10-3-5-11(16)6-4-10/h3-9H,1-2H3,(H,17,18). The zero-order chi connectivity index (χ0) is 14.5. The van der Waals surface area contributed by atoms with Crippen LogP contribution in [0.5, 0.6) is 11.5 Å². The minimum Gasteiger partial charge on any atom is -0.497 e. The number of benzene rings is 2. The van der Waals surface area contributed by atoms with Crippen LogP contribution in [0.3, 0.4) is 0 Å². The van der Waals surface area contributed by atoms with Gasteiger partial charge in [0.25, 0.3) is 5.91 Å². The van der Waals surface area contributed by atoms with Crippen molar-refractivity contribution in [3.8, 4) is 11.5 Å². The first-order valence-electron chi connectivity index (χ1n) is 5.93. The Morgan fingerprint density at radius 1 is 1.05 bits per heavy atom. The largest absolute Gasteiger partial charge is 0.497 e. The fourth-order valence-electron chi connectivity index (χ4n) is 1.70. The van der Waals surface area contributed by atoms with Crippen molar-refractivity contribution in [3.05, 3.63) is 52.5 Å². The molecule has 1 N–H and O–H groups in total. The maximum atomic E-state index is 12.1. The Balaban J connectivity index is 2.21. The van der Waals surface area contributed by atoms with Gasteiger partial charge in [-0.1, -0.05) is 15.9 Å². The van der Waals surface area contributed by atoms with Gasteiger partial charge in [-0.15, -0.1) is 0 Å². The summed E-state index contributed by atoms with van der Waals surface area (Å²) in [5.41, 5.74) is 1.17. The van der Waals surface area contributed by atoms with Gasteiger partial charge < -0.3 is 14.8 Å². The number of anilines is 1. The molecule has 20 heavy (non-hydrogen) atoms. The van der Waals surface area contributed by atoms with Crippen LogP contribution >= 0.6 is 15.9 Å². The molecule has 0 fully saturated rings. The molecule has 4 nitrogen and oxygen atoms in total. The van der Waals surface area contributed by atoms with E-state index in [0.29, 0.717) is 22.7 Å². The molecule has 2 rings (SSSR count). The second kappa shape index (κ2) is 6.43. The van der Waals surface area contributed by atoms with Crippen molar-refractivity contribution >= 4 is 27.5 Å². The zero-order valence-corrected chi connectivity index (χ0v) is 12.7. The Kier molecular flexibility index (Phi) is 4.63. The average molecular weight is 336 g/mol. The van der Waals surface area contributed by atoms with E-state index >= 15 is 0 Å². The smallest absolute Gasteiger partial charge is 0.255 e. The summed E-state index contributed by atoms with van der Waals surface area (Å²) in [6, 6.07) is 12.4. The molecule has 0 aromatic heterocycles. The molecule has 0 spiro atoms. The topological polar surface area (TPSA) is 47.6 Å². The first-order chi connectivity index (χ1) is 9.63. The van der Waals surface area contributed by atoms with Crippen molar-refractivity contribution in [1.82, 2.24) is 0 Å². The minimum absolute atomic E-state index is 0.194. The van der Waals surface area contributed by atoms with Gasteiger partial charge in [0.1, 0.15) is 11.5 Å². The van der Waals surface area contributed by atoms with Crippen molar-refractivity contribution in [1.29, 1.82) is 0 Å². The van der Waals surface area contributed by atoms with Crippen LogP contribution in [0.2, 0.25) is 0 Å². The van der Waals surface area contributed by atoms with Crippen molar-refractivity contribution in [2.45, 2.75) is 0 Å². The molecule has 2 aromatic rings. The zero-order valence-electron chi connectivity index (χ0n) is 11.1. The highest BCUT2D eigenvalue weighted by molar-refractivity contribution is 9.10. The van der Waals surface area contributed by atoms with Gasteiger partial charge in [-0.2, -0.15) is 0 Å². The monoisotopic (exact) mass is 335 g/mol. The third kappa shape index (κ3) is 3.30. The Hall–Kier alpha value is -2.01. The molecule has 0 saturated carbocycles. The highest BCUT2D eigenvalue weighted by atomic mass is 79.9. The second-order valence-corrected chi connectivity index (χ2v) is 4.94. The summed E-state index contributed by atoms with van der Waals surface area (Å²) in [7, 11) is 3.12. The molecule has 2 aromatic carbocycles. The molecule has 0 bridgehead atoms. The molecule has 0 saturated heterocycles. The van der Waals surface area contributed by atoms with Crippen LogP contribution in [0.15, 0.2) is 46.9 Å². The van der Waals surface area contributed by atoms with Gasteiger partial charge in [-0.3, -0.25) is 4.79 Å². The van der Waals surface area contributed by atoms with Gasteiger partial charge >= 0.3 is 0 Å². The van der Waals surface area contributed by atoms with E-state index in [9.17, 15) is 4.79 Å². The normalized spacial score (nSPS) is 9.95. The predicted octanol–water partition coefficient (Wildman–Crippen LogP) is 3.72. The maximum absolute atomic E-state index is 12.1. The van der Waals surface area contributed by atoms with Crippen LogP contribution in [-0.4, -0.2) is 20.1 Å². The number of amides is 1. The predicted molar refractivity (Wildman–Crippen MR) is 81.6 cm³/mol. The summed E-state index contributed by atoms with van der Waals surface area (Å²) >= 11 is 3.33. The molecule has 0 aliphatic rings. The Morgan fingerprint density at radius 3 is 2.35 bits per heavy atom. The maximum Gasteiger partial charge on any atom is 0.255 e. The van der Waals surface area contributed by atoms with E-state index in [1.165, 1.54) is 0 Å². The summed E-state index contributed by atoms with van der Waals surface area (Å²) in [6.45, 7) is 0. The third-order valence-electron chi connectivity index (χ3n) is 2.76. The Morgan fingerprint density at radius 2 is 1.75 bits per heavy atom. The van der Waals surface area contributed by atoms with E-state index in [2.05, 4.69) is 21.2 Å². The van der Waals surface area contributed by atoms with E-state index in [0.717, 1.165) is 4.47 Å².